The summed E-state index contributed by atoms with van der Waals surface area (Å²) in [5, 5.41) is 3.54. The first-order chi connectivity index (χ1) is 7.67. The molecule has 90 valence electrons. The second-order valence-electron chi connectivity index (χ2n) is 4.45. The van der Waals surface area contributed by atoms with Gasteiger partial charge in [0.2, 0.25) is 0 Å². The first-order valence-electron chi connectivity index (χ1n) is 6.01. The van der Waals surface area contributed by atoms with Crippen LogP contribution in [0.15, 0.2) is 24.3 Å². The minimum absolute atomic E-state index is 0.503. The van der Waals surface area contributed by atoms with Gasteiger partial charge in [-0.25, -0.2) is 0 Å². The molecule has 0 saturated heterocycles. The van der Waals surface area contributed by atoms with Gasteiger partial charge in [-0.3, -0.25) is 0 Å². The van der Waals surface area contributed by atoms with Gasteiger partial charge in [0.1, 0.15) is 0 Å². The second-order valence-corrected chi connectivity index (χ2v) is 4.45. The molecule has 0 fully saturated rings. The monoisotopic (exact) mass is 221 g/mol. The summed E-state index contributed by atoms with van der Waals surface area (Å²) in [4.78, 5) is 0. The number of benzene rings is 1. The van der Waals surface area contributed by atoms with E-state index in [4.69, 9.17) is 4.74 Å². The maximum absolute atomic E-state index is 5.13. The van der Waals surface area contributed by atoms with Crippen LogP contribution in [0.3, 0.4) is 0 Å². The summed E-state index contributed by atoms with van der Waals surface area (Å²) in [5.41, 5.74) is 2.39. The van der Waals surface area contributed by atoms with Gasteiger partial charge in [0.15, 0.2) is 0 Å². The van der Waals surface area contributed by atoms with Crippen LogP contribution >= 0.6 is 0 Å². The van der Waals surface area contributed by atoms with Gasteiger partial charge in [0.25, 0.3) is 0 Å². The largest absolute Gasteiger partial charge is 0.382 e. The minimum atomic E-state index is 0.503. The van der Waals surface area contributed by atoms with Crippen molar-refractivity contribution in [2.45, 2.75) is 39.8 Å². The van der Waals surface area contributed by atoms with Crippen molar-refractivity contribution in [1.29, 1.82) is 0 Å². The van der Waals surface area contributed by atoms with Crippen molar-refractivity contribution in [3.8, 4) is 0 Å². The van der Waals surface area contributed by atoms with Crippen LogP contribution in [0.2, 0.25) is 0 Å². The molecular formula is C14H23NO. The minimum Gasteiger partial charge on any atom is -0.382 e. The fourth-order valence-electron chi connectivity index (χ4n) is 1.68. The van der Waals surface area contributed by atoms with Crippen molar-refractivity contribution < 1.29 is 4.74 Å². The van der Waals surface area contributed by atoms with Crippen LogP contribution in [0, 0.1) is 5.92 Å². The lowest BCUT2D eigenvalue weighted by Gasteiger charge is -2.21. The molecule has 0 saturated carbocycles. The van der Waals surface area contributed by atoms with Crippen LogP contribution in [0.1, 0.15) is 32.8 Å². The van der Waals surface area contributed by atoms with Crippen LogP contribution in [0.25, 0.3) is 0 Å². The van der Waals surface area contributed by atoms with E-state index in [2.05, 4.69) is 50.4 Å². The highest BCUT2D eigenvalue weighted by molar-refractivity contribution is 5.46. The van der Waals surface area contributed by atoms with E-state index in [0.29, 0.717) is 18.6 Å². The predicted octanol–water partition coefficient (Wildman–Crippen LogP) is 3.68. The highest BCUT2D eigenvalue weighted by Gasteiger charge is 2.09. The third kappa shape index (κ3) is 3.86. The molecular weight excluding hydrogens is 198 g/mol. The van der Waals surface area contributed by atoms with Crippen LogP contribution in [-0.4, -0.2) is 13.2 Å². The molecule has 2 heteroatoms. The van der Waals surface area contributed by atoms with E-state index in [9.17, 15) is 0 Å². The molecule has 1 aromatic carbocycles. The maximum atomic E-state index is 5.13. The fourth-order valence-corrected chi connectivity index (χ4v) is 1.68. The molecule has 1 N–H and O–H groups in total. The zero-order valence-electron chi connectivity index (χ0n) is 10.8. The van der Waals surface area contributed by atoms with E-state index in [-0.39, 0.29) is 0 Å². The SMILES string of the molecule is CCC(C)C(C)Nc1cccc(COC)c1. The Morgan fingerprint density at radius 2 is 2.06 bits per heavy atom. The Bertz CT molecular complexity index is 311. The van der Waals surface area contributed by atoms with Gasteiger partial charge in [-0.05, 0) is 30.5 Å². The van der Waals surface area contributed by atoms with E-state index >= 15 is 0 Å². The molecule has 0 amide bonds. The summed E-state index contributed by atoms with van der Waals surface area (Å²) < 4.78 is 5.13. The Morgan fingerprint density at radius 3 is 2.69 bits per heavy atom. The van der Waals surface area contributed by atoms with Gasteiger partial charge >= 0.3 is 0 Å². The summed E-state index contributed by atoms with van der Waals surface area (Å²) in [6, 6.07) is 8.92. The molecule has 16 heavy (non-hydrogen) atoms. The number of anilines is 1. The average Bonchev–Trinajstić information content (AvgIpc) is 2.29. The molecule has 0 aliphatic heterocycles. The van der Waals surface area contributed by atoms with Gasteiger partial charge < -0.3 is 10.1 Å². The van der Waals surface area contributed by atoms with E-state index in [1.54, 1.807) is 7.11 Å². The van der Waals surface area contributed by atoms with Gasteiger partial charge in [0.05, 0.1) is 6.61 Å². The summed E-state index contributed by atoms with van der Waals surface area (Å²) in [6.07, 6.45) is 1.20. The Hall–Kier alpha value is -1.02. The van der Waals surface area contributed by atoms with Crippen molar-refractivity contribution in [2.75, 3.05) is 12.4 Å². The Balaban J connectivity index is 2.62. The molecule has 2 nitrogen and oxygen atoms in total. The Kier molecular flexibility index (Phi) is 5.33. The molecule has 0 bridgehead atoms. The molecule has 0 spiro atoms. The van der Waals surface area contributed by atoms with Gasteiger partial charge in [-0.1, -0.05) is 32.4 Å². The highest BCUT2D eigenvalue weighted by atomic mass is 16.5. The van der Waals surface area contributed by atoms with Crippen molar-refractivity contribution in [2.24, 2.45) is 5.92 Å². The molecule has 1 aromatic rings. The molecule has 2 unspecified atom stereocenters. The van der Waals surface area contributed by atoms with Crippen LogP contribution in [0.4, 0.5) is 5.69 Å². The molecule has 1 rings (SSSR count). The van der Waals surface area contributed by atoms with Crippen LogP contribution < -0.4 is 5.32 Å². The molecule has 0 aliphatic carbocycles. The van der Waals surface area contributed by atoms with Crippen LogP contribution in [0.5, 0.6) is 0 Å². The van der Waals surface area contributed by atoms with E-state index in [1.165, 1.54) is 17.7 Å². The van der Waals surface area contributed by atoms with E-state index in [1.807, 2.05) is 0 Å². The zero-order chi connectivity index (χ0) is 12.0. The van der Waals surface area contributed by atoms with E-state index < -0.39 is 0 Å². The number of hydrogen-bond donors (Lipinski definition) is 1. The quantitative estimate of drug-likeness (QED) is 0.791. The number of ether oxygens (including phenoxy) is 1. The topological polar surface area (TPSA) is 21.3 Å². The maximum Gasteiger partial charge on any atom is 0.0713 e. The standard InChI is InChI=1S/C14H23NO/c1-5-11(2)12(3)15-14-8-6-7-13(9-14)10-16-4/h6-9,11-12,15H,5,10H2,1-4H3. The van der Waals surface area contributed by atoms with Crippen molar-refractivity contribution in [3.05, 3.63) is 29.8 Å². The van der Waals surface area contributed by atoms with Crippen molar-refractivity contribution in [3.63, 3.8) is 0 Å². The van der Waals surface area contributed by atoms with Gasteiger partial charge in [-0.15, -0.1) is 0 Å². The molecule has 0 aliphatic rings. The summed E-state index contributed by atoms with van der Waals surface area (Å²) >= 11 is 0. The second kappa shape index (κ2) is 6.54. The molecule has 2 atom stereocenters. The molecule has 0 aromatic heterocycles. The summed E-state index contributed by atoms with van der Waals surface area (Å²) in [7, 11) is 1.72. The number of nitrogens with one attached hydrogen (secondary N) is 1. The number of rotatable bonds is 6. The predicted molar refractivity (Wildman–Crippen MR) is 69.7 cm³/mol. The average molecular weight is 221 g/mol. The first-order valence-corrected chi connectivity index (χ1v) is 6.01. The lowest BCUT2D eigenvalue weighted by molar-refractivity contribution is 0.185. The Labute approximate surface area is 99.0 Å². The fraction of sp³-hybridized carbons (Fsp3) is 0.571. The summed E-state index contributed by atoms with van der Waals surface area (Å²) in [5.74, 6) is 0.686. The third-order valence-electron chi connectivity index (χ3n) is 3.13. The van der Waals surface area contributed by atoms with Gasteiger partial charge in [-0.2, -0.15) is 0 Å². The molecule has 0 radical (unpaired) electrons. The number of hydrogen-bond acceptors (Lipinski definition) is 2. The normalized spacial score (nSPS) is 14.5. The zero-order valence-corrected chi connectivity index (χ0v) is 10.8. The highest BCUT2D eigenvalue weighted by Crippen LogP contribution is 2.16. The third-order valence-corrected chi connectivity index (χ3v) is 3.13. The van der Waals surface area contributed by atoms with Crippen LogP contribution in [-0.2, 0) is 11.3 Å². The van der Waals surface area contributed by atoms with E-state index in [0.717, 1.165) is 0 Å². The lowest BCUT2D eigenvalue weighted by Crippen LogP contribution is -2.23. The lowest BCUT2D eigenvalue weighted by atomic mass is 10.0. The molecule has 0 heterocycles. The Morgan fingerprint density at radius 1 is 1.31 bits per heavy atom. The van der Waals surface area contributed by atoms with Crippen molar-refractivity contribution in [1.82, 2.24) is 0 Å². The summed E-state index contributed by atoms with van der Waals surface area (Å²) in [6.45, 7) is 7.41. The first kappa shape index (κ1) is 13.0. The van der Waals surface area contributed by atoms with Gasteiger partial charge in [0, 0.05) is 18.8 Å². The van der Waals surface area contributed by atoms with Crippen molar-refractivity contribution >= 4 is 5.69 Å². The number of methoxy groups -OCH3 is 1. The smallest absolute Gasteiger partial charge is 0.0713 e.